The van der Waals surface area contributed by atoms with Crippen molar-refractivity contribution in [3.05, 3.63) is 41.7 Å². The van der Waals surface area contributed by atoms with Gasteiger partial charge in [-0.2, -0.15) is 18.3 Å². The second-order valence-corrected chi connectivity index (χ2v) is 9.99. The average Bonchev–Trinajstić information content (AvgIpc) is 3.51. The molecular formula is C26H35F5N6O2. The van der Waals surface area contributed by atoms with Gasteiger partial charge in [-0.15, -0.1) is 0 Å². The Hall–Kier alpha value is -3.38. The zero-order valence-electron chi connectivity index (χ0n) is 22.0. The molecule has 2 aliphatic rings. The predicted octanol–water partition coefficient (Wildman–Crippen LogP) is 5.60. The van der Waals surface area contributed by atoms with E-state index in [2.05, 4.69) is 26.4 Å². The molecule has 8 nitrogen and oxygen atoms in total. The van der Waals surface area contributed by atoms with E-state index in [1.54, 1.807) is 23.0 Å². The Morgan fingerprint density at radius 3 is 2.38 bits per heavy atom. The molecule has 4 N–H and O–H groups in total. The van der Waals surface area contributed by atoms with Gasteiger partial charge in [0.1, 0.15) is 11.9 Å². The van der Waals surface area contributed by atoms with Crippen LogP contribution in [0.15, 0.2) is 30.5 Å². The molecular weight excluding hydrogens is 523 g/mol. The molecule has 2 heterocycles. The monoisotopic (exact) mass is 558 g/mol. The largest absolute Gasteiger partial charge is 0.389 e. The van der Waals surface area contributed by atoms with Crippen LogP contribution >= 0.6 is 0 Å². The van der Waals surface area contributed by atoms with Crippen LogP contribution in [0.5, 0.6) is 0 Å². The molecule has 4 rings (SSSR count). The van der Waals surface area contributed by atoms with Gasteiger partial charge in [-0.25, -0.2) is 8.78 Å². The standard InChI is InChI=1S/C20H25F3N6O2.C6H10F2/c1-12(2)29-16(6-8-26-29)19(31)25-11-17-27-14-4-3-13(9-15(14)28-17)10-24-18(30)5-7-20(21,22)23;7-6(8)4-2-1-3-5-6/h3-4,6,8-9,12,17,27-28H,5,7,10-11H2,1-2H3,(H,24,30)(H,25,31);1-5H2. The minimum absolute atomic E-state index is 0.0649. The zero-order valence-corrected chi connectivity index (χ0v) is 22.0. The van der Waals surface area contributed by atoms with Crippen LogP contribution < -0.4 is 21.3 Å². The molecule has 1 saturated carbocycles. The minimum Gasteiger partial charge on any atom is -0.362 e. The van der Waals surface area contributed by atoms with E-state index in [1.165, 1.54) is 0 Å². The van der Waals surface area contributed by atoms with Gasteiger partial charge in [-0.3, -0.25) is 14.3 Å². The number of hydrogen-bond donors (Lipinski definition) is 4. The number of hydrogen-bond acceptors (Lipinski definition) is 5. The summed E-state index contributed by atoms with van der Waals surface area (Å²) >= 11 is 0. The molecule has 1 aliphatic heterocycles. The maximum atomic E-state index is 12.4. The van der Waals surface area contributed by atoms with Crippen LogP contribution in [0.3, 0.4) is 0 Å². The summed E-state index contributed by atoms with van der Waals surface area (Å²) in [4.78, 5) is 24.0. The van der Waals surface area contributed by atoms with Crippen molar-refractivity contribution < 1.29 is 31.5 Å². The van der Waals surface area contributed by atoms with E-state index in [0.717, 1.165) is 23.4 Å². The van der Waals surface area contributed by atoms with Crippen molar-refractivity contribution in [3.8, 4) is 0 Å². The summed E-state index contributed by atoms with van der Waals surface area (Å²) in [5.74, 6) is -3.20. The van der Waals surface area contributed by atoms with Crippen LogP contribution in [0.1, 0.15) is 80.9 Å². The number of aromatic nitrogens is 2. The van der Waals surface area contributed by atoms with Crippen LogP contribution in [-0.2, 0) is 11.3 Å². The molecule has 1 aromatic carbocycles. The fourth-order valence-electron chi connectivity index (χ4n) is 4.26. The van der Waals surface area contributed by atoms with Crippen molar-refractivity contribution in [1.29, 1.82) is 0 Å². The Balaban J connectivity index is 0.000000449. The fraction of sp³-hybridized carbons (Fsp3) is 0.577. The van der Waals surface area contributed by atoms with E-state index in [9.17, 15) is 31.5 Å². The minimum atomic E-state index is -4.35. The SMILES string of the molecule is CC(C)n1nccc1C(=O)NCC1Nc2ccc(CNC(=O)CCC(F)(F)F)cc2N1.FC1(F)CCCCC1. The van der Waals surface area contributed by atoms with Gasteiger partial charge in [0.25, 0.3) is 5.91 Å². The third kappa shape index (κ3) is 9.70. The molecule has 0 bridgehead atoms. The number of amides is 2. The van der Waals surface area contributed by atoms with Gasteiger partial charge in [0.15, 0.2) is 0 Å². The van der Waals surface area contributed by atoms with Crippen LogP contribution in [0.2, 0.25) is 0 Å². The highest BCUT2D eigenvalue weighted by atomic mass is 19.4. The van der Waals surface area contributed by atoms with Gasteiger partial charge in [-0.05, 0) is 50.5 Å². The van der Waals surface area contributed by atoms with E-state index >= 15 is 0 Å². The summed E-state index contributed by atoms with van der Waals surface area (Å²) in [5.41, 5.74) is 2.85. The molecule has 0 radical (unpaired) electrons. The second-order valence-electron chi connectivity index (χ2n) is 9.99. The number of rotatable bonds is 8. The molecule has 2 amide bonds. The van der Waals surface area contributed by atoms with Crippen molar-refractivity contribution >= 4 is 23.2 Å². The molecule has 1 fully saturated rings. The van der Waals surface area contributed by atoms with Gasteiger partial charge in [0.05, 0.1) is 24.3 Å². The van der Waals surface area contributed by atoms with Crippen LogP contribution in [0.25, 0.3) is 0 Å². The third-order valence-electron chi connectivity index (χ3n) is 6.31. The van der Waals surface area contributed by atoms with Crippen LogP contribution in [-0.4, -0.2) is 46.4 Å². The Labute approximate surface area is 224 Å². The smallest absolute Gasteiger partial charge is 0.362 e. The van der Waals surface area contributed by atoms with E-state index in [1.807, 2.05) is 26.0 Å². The molecule has 39 heavy (non-hydrogen) atoms. The van der Waals surface area contributed by atoms with Gasteiger partial charge in [0, 0.05) is 38.0 Å². The maximum absolute atomic E-state index is 12.4. The van der Waals surface area contributed by atoms with Crippen molar-refractivity contribution in [3.63, 3.8) is 0 Å². The van der Waals surface area contributed by atoms with E-state index in [4.69, 9.17) is 0 Å². The first-order chi connectivity index (χ1) is 18.3. The lowest BCUT2D eigenvalue weighted by Gasteiger charge is -2.20. The summed E-state index contributed by atoms with van der Waals surface area (Å²) < 4.78 is 62.6. The van der Waals surface area contributed by atoms with Gasteiger partial charge in [-0.1, -0.05) is 12.5 Å². The molecule has 0 saturated heterocycles. The first-order valence-corrected chi connectivity index (χ1v) is 13.0. The van der Waals surface area contributed by atoms with Crippen molar-refractivity contribution in [2.45, 2.75) is 89.6 Å². The maximum Gasteiger partial charge on any atom is 0.389 e. The first kappa shape index (κ1) is 30.2. The Bertz CT molecular complexity index is 1110. The summed E-state index contributed by atoms with van der Waals surface area (Å²) in [6.07, 6.45) is -2.06. The number of carbonyl (C=O) groups is 2. The lowest BCUT2D eigenvalue weighted by molar-refractivity contribution is -0.144. The quantitative estimate of drug-likeness (QED) is 0.316. The molecule has 1 atom stereocenters. The lowest BCUT2D eigenvalue weighted by Crippen LogP contribution is -2.39. The number of nitrogens with zero attached hydrogens (tertiary/aromatic N) is 2. The van der Waals surface area contributed by atoms with E-state index < -0.39 is 30.8 Å². The highest BCUT2D eigenvalue weighted by molar-refractivity contribution is 5.92. The normalized spacial score (nSPS) is 17.8. The van der Waals surface area contributed by atoms with E-state index in [0.29, 0.717) is 25.1 Å². The van der Waals surface area contributed by atoms with Crippen molar-refractivity contribution in [2.75, 3.05) is 17.2 Å². The first-order valence-electron chi connectivity index (χ1n) is 13.0. The number of halogens is 5. The molecule has 0 spiro atoms. The Morgan fingerprint density at radius 2 is 1.77 bits per heavy atom. The fourth-order valence-corrected chi connectivity index (χ4v) is 4.26. The predicted molar refractivity (Wildman–Crippen MR) is 138 cm³/mol. The highest BCUT2D eigenvalue weighted by Gasteiger charge is 2.30. The molecule has 1 aliphatic carbocycles. The van der Waals surface area contributed by atoms with Gasteiger partial charge < -0.3 is 21.3 Å². The van der Waals surface area contributed by atoms with Crippen LogP contribution in [0.4, 0.5) is 33.3 Å². The van der Waals surface area contributed by atoms with Gasteiger partial charge in [0.2, 0.25) is 11.8 Å². The Morgan fingerprint density at radius 1 is 1.08 bits per heavy atom. The number of benzene rings is 1. The summed E-state index contributed by atoms with van der Waals surface area (Å²) in [6.45, 7) is 4.33. The number of alkyl halides is 5. The summed E-state index contributed by atoms with van der Waals surface area (Å²) in [7, 11) is 0. The van der Waals surface area contributed by atoms with E-state index in [-0.39, 0.29) is 37.5 Å². The van der Waals surface area contributed by atoms with Crippen molar-refractivity contribution in [1.82, 2.24) is 20.4 Å². The average molecular weight is 559 g/mol. The molecule has 13 heteroatoms. The molecule has 1 aromatic heterocycles. The second kappa shape index (κ2) is 13.1. The molecule has 216 valence electrons. The topological polar surface area (TPSA) is 100 Å². The highest BCUT2D eigenvalue weighted by Crippen LogP contribution is 2.32. The van der Waals surface area contributed by atoms with Gasteiger partial charge >= 0.3 is 6.18 Å². The Kier molecular flexibility index (Phi) is 10.1. The summed E-state index contributed by atoms with van der Waals surface area (Å²) in [6, 6.07) is 7.13. The summed E-state index contributed by atoms with van der Waals surface area (Å²) in [5, 5.41) is 16.0. The molecule has 2 aromatic rings. The molecule has 1 unspecified atom stereocenters. The van der Waals surface area contributed by atoms with Crippen LogP contribution in [0, 0.1) is 0 Å². The number of carbonyl (C=O) groups excluding carboxylic acids is 2. The number of anilines is 2. The number of nitrogens with one attached hydrogen (secondary N) is 4. The third-order valence-corrected chi connectivity index (χ3v) is 6.31. The lowest BCUT2D eigenvalue weighted by atomic mass is 9.97. The zero-order chi connectivity index (χ0) is 28.6. The van der Waals surface area contributed by atoms with Crippen molar-refractivity contribution in [2.24, 2.45) is 0 Å². The number of fused-ring (bicyclic) bond motifs is 1.